The first-order valence-corrected chi connectivity index (χ1v) is 16.1. The zero-order valence-corrected chi connectivity index (χ0v) is 24.2. The second-order valence-corrected chi connectivity index (χ2v) is 15.7. The van der Waals surface area contributed by atoms with Gasteiger partial charge in [0, 0.05) is 42.7 Å². The van der Waals surface area contributed by atoms with E-state index in [1.165, 1.54) is 4.09 Å². The second kappa shape index (κ2) is 9.13. The van der Waals surface area contributed by atoms with E-state index in [1.54, 1.807) is 12.1 Å². The topological polar surface area (TPSA) is 101 Å². The molecule has 0 radical (unpaired) electrons. The molecule has 0 amide bonds. The lowest BCUT2D eigenvalue weighted by Crippen LogP contribution is -2.56. The minimum absolute atomic E-state index is 0.0947. The van der Waals surface area contributed by atoms with Crippen LogP contribution in [0.2, 0.25) is 0 Å². The third-order valence-corrected chi connectivity index (χ3v) is 12.4. The Morgan fingerprint density at radius 3 is 2.47 bits per heavy atom. The Morgan fingerprint density at radius 1 is 1.05 bits per heavy atom. The molecule has 0 bridgehead atoms. The highest BCUT2D eigenvalue weighted by Crippen LogP contribution is 2.48. The normalized spacial score (nSPS) is 18.0. The number of piperazine rings is 1. The Labute approximate surface area is 229 Å². The van der Waals surface area contributed by atoms with Crippen molar-refractivity contribution in [3.63, 3.8) is 0 Å². The van der Waals surface area contributed by atoms with Crippen LogP contribution >= 0.6 is 11.3 Å². The maximum absolute atomic E-state index is 13.9. The predicted octanol–water partition coefficient (Wildman–Crippen LogP) is 4.12. The number of hydrogen-bond acceptors (Lipinski definition) is 9. The van der Waals surface area contributed by atoms with E-state index in [2.05, 4.69) is 19.8 Å². The van der Waals surface area contributed by atoms with Crippen LogP contribution in [0.15, 0.2) is 51.1 Å². The van der Waals surface area contributed by atoms with Gasteiger partial charge in [0.15, 0.2) is 5.82 Å². The minimum atomic E-state index is -3.98. The monoisotopic (exact) mass is 570 g/mol. The summed E-state index contributed by atoms with van der Waals surface area (Å²) in [5, 5.41) is 5.55. The van der Waals surface area contributed by atoms with E-state index in [1.807, 2.05) is 58.3 Å². The van der Waals surface area contributed by atoms with Gasteiger partial charge < -0.3 is 9.80 Å². The molecule has 1 saturated carbocycles. The largest absolute Gasteiger partial charge is 0.345 e. The number of anilines is 2. The van der Waals surface area contributed by atoms with E-state index >= 15 is 0 Å². The molecule has 6 rings (SSSR count). The summed E-state index contributed by atoms with van der Waals surface area (Å²) in [7, 11) is -5.24. The van der Waals surface area contributed by atoms with Gasteiger partial charge in [-0.3, -0.25) is 4.21 Å². The van der Waals surface area contributed by atoms with Crippen LogP contribution in [0.5, 0.6) is 0 Å². The molecule has 3 aromatic heterocycles. The zero-order chi connectivity index (χ0) is 26.8. The van der Waals surface area contributed by atoms with E-state index in [0.717, 1.165) is 53.2 Å². The highest BCUT2D eigenvalue weighted by Gasteiger charge is 2.53. The Hall–Kier alpha value is -2.83. The number of nitrogens with zero attached hydrogens (tertiary/aromatic N) is 6. The zero-order valence-electron chi connectivity index (χ0n) is 21.8. The van der Waals surface area contributed by atoms with Gasteiger partial charge in [-0.2, -0.15) is 12.5 Å². The molecule has 1 aliphatic carbocycles. The molecule has 1 aromatic carbocycles. The molecule has 2 aliphatic rings. The molecule has 1 saturated heterocycles. The lowest BCUT2D eigenvalue weighted by atomic mass is 10.1. The number of aryl methyl sites for hydroxylation is 2. The van der Waals surface area contributed by atoms with Crippen LogP contribution < -0.4 is 9.80 Å². The van der Waals surface area contributed by atoms with Gasteiger partial charge in [0.1, 0.15) is 4.21 Å². The highest BCUT2D eigenvalue weighted by atomic mass is 32.3. The molecule has 1 aliphatic heterocycles. The van der Waals surface area contributed by atoms with Crippen LogP contribution in [0.25, 0.3) is 10.9 Å². The lowest BCUT2D eigenvalue weighted by Gasteiger charge is -2.42. The third-order valence-electron chi connectivity index (χ3n) is 7.32. The SMILES string of the molecule is Cc1cnc(N2CCN(c3nn(S(=O)(=O)c4ccc(S(=O)C(C)C)s4)c4cccc(C)c34)C3(CC3)C2)nc1. The first kappa shape index (κ1) is 25.4. The summed E-state index contributed by atoms with van der Waals surface area (Å²) in [6.45, 7) is 9.86. The Bertz CT molecular complexity index is 1660. The number of fused-ring (bicyclic) bond motifs is 1. The average Bonchev–Trinajstić information content (AvgIpc) is 3.29. The first-order valence-electron chi connectivity index (χ1n) is 12.7. The fourth-order valence-corrected chi connectivity index (χ4v) is 9.51. The molecule has 4 aromatic rings. The van der Waals surface area contributed by atoms with E-state index < -0.39 is 20.8 Å². The minimum Gasteiger partial charge on any atom is -0.345 e. The summed E-state index contributed by atoms with van der Waals surface area (Å²) in [6, 6.07) is 8.86. The molecule has 200 valence electrons. The predicted molar refractivity (Wildman–Crippen MR) is 151 cm³/mol. The highest BCUT2D eigenvalue weighted by molar-refractivity contribution is 7.93. The van der Waals surface area contributed by atoms with Gasteiger partial charge in [0.25, 0.3) is 10.0 Å². The van der Waals surface area contributed by atoms with Crippen molar-refractivity contribution in [1.29, 1.82) is 0 Å². The Morgan fingerprint density at radius 2 is 1.79 bits per heavy atom. The summed E-state index contributed by atoms with van der Waals surface area (Å²) in [6.07, 6.45) is 5.67. The molecule has 9 nitrogen and oxygen atoms in total. The molecular formula is C26H30N6O3S3. The Balaban J connectivity index is 1.40. The molecule has 4 heterocycles. The summed E-state index contributed by atoms with van der Waals surface area (Å²) >= 11 is 1.06. The van der Waals surface area contributed by atoms with E-state index in [4.69, 9.17) is 5.10 Å². The molecular weight excluding hydrogens is 541 g/mol. The standard InChI is InChI=1S/C26H30N6O3S3/c1-17(2)37(33)21-8-9-22(36-21)38(34,35)32-20-7-5-6-19(4)23(20)24(29-32)31-13-12-30(16-26(31)10-11-26)25-27-14-18(3)15-28-25/h5-9,14-15,17H,10-13,16H2,1-4H3. The summed E-state index contributed by atoms with van der Waals surface area (Å²) in [4.78, 5) is 13.6. The van der Waals surface area contributed by atoms with Gasteiger partial charge in [-0.25, -0.2) is 9.97 Å². The molecule has 0 N–H and O–H groups in total. The van der Waals surface area contributed by atoms with Crippen molar-refractivity contribution in [3.05, 3.63) is 53.9 Å². The van der Waals surface area contributed by atoms with Crippen molar-refractivity contribution < 1.29 is 12.6 Å². The van der Waals surface area contributed by atoms with Crippen LogP contribution in [0.4, 0.5) is 11.8 Å². The Kier molecular flexibility index (Phi) is 6.11. The fourth-order valence-electron chi connectivity index (χ4n) is 5.13. The number of rotatable bonds is 6. The quantitative estimate of drug-likeness (QED) is 0.341. The molecule has 12 heteroatoms. The molecule has 38 heavy (non-hydrogen) atoms. The number of aromatic nitrogens is 4. The molecule has 1 spiro atoms. The first-order chi connectivity index (χ1) is 18.1. The number of benzene rings is 1. The van der Waals surface area contributed by atoms with Gasteiger partial charge in [0.05, 0.1) is 26.1 Å². The van der Waals surface area contributed by atoms with Crippen molar-refractivity contribution in [2.75, 3.05) is 29.4 Å². The smallest absolute Gasteiger partial charge is 0.293 e. The van der Waals surface area contributed by atoms with Gasteiger partial charge in [-0.15, -0.1) is 16.4 Å². The number of hydrogen-bond donors (Lipinski definition) is 0. The maximum atomic E-state index is 13.9. The van der Waals surface area contributed by atoms with Crippen molar-refractivity contribution in [3.8, 4) is 0 Å². The van der Waals surface area contributed by atoms with Crippen LogP contribution in [0.3, 0.4) is 0 Å². The third kappa shape index (κ3) is 4.13. The van der Waals surface area contributed by atoms with E-state index in [-0.39, 0.29) is 15.0 Å². The van der Waals surface area contributed by atoms with Crippen molar-refractivity contribution >= 4 is 54.8 Å². The van der Waals surface area contributed by atoms with Gasteiger partial charge in [0.2, 0.25) is 5.95 Å². The fraction of sp³-hybridized carbons (Fsp3) is 0.423. The summed E-state index contributed by atoms with van der Waals surface area (Å²) in [5.41, 5.74) is 2.43. The summed E-state index contributed by atoms with van der Waals surface area (Å²) < 4.78 is 42.2. The molecule has 2 fully saturated rings. The number of thiophene rings is 1. The van der Waals surface area contributed by atoms with Crippen molar-refractivity contribution in [2.45, 2.75) is 59.7 Å². The van der Waals surface area contributed by atoms with Crippen LogP contribution in [0.1, 0.15) is 37.8 Å². The summed E-state index contributed by atoms with van der Waals surface area (Å²) in [5.74, 6) is 1.43. The van der Waals surface area contributed by atoms with Gasteiger partial charge in [-0.1, -0.05) is 26.0 Å². The lowest BCUT2D eigenvalue weighted by molar-refractivity contribution is 0.498. The molecule has 1 unspecified atom stereocenters. The van der Waals surface area contributed by atoms with Gasteiger partial charge in [-0.05, 0) is 56.0 Å². The van der Waals surface area contributed by atoms with Gasteiger partial charge >= 0.3 is 0 Å². The van der Waals surface area contributed by atoms with Crippen LogP contribution in [-0.4, -0.2) is 62.2 Å². The average molecular weight is 571 g/mol. The van der Waals surface area contributed by atoms with Crippen molar-refractivity contribution in [1.82, 2.24) is 19.2 Å². The van der Waals surface area contributed by atoms with Crippen LogP contribution in [-0.2, 0) is 20.8 Å². The van der Waals surface area contributed by atoms with Crippen molar-refractivity contribution in [2.24, 2.45) is 0 Å². The second-order valence-electron chi connectivity index (χ2n) is 10.4. The molecule has 1 atom stereocenters. The maximum Gasteiger partial charge on any atom is 0.293 e. The van der Waals surface area contributed by atoms with E-state index in [9.17, 15) is 12.6 Å². The van der Waals surface area contributed by atoms with E-state index in [0.29, 0.717) is 28.6 Å². The van der Waals surface area contributed by atoms with Crippen LogP contribution in [0, 0.1) is 13.8 Å².